The van der Waals surface area contributed by atoms with Gasteiger partial charge < -0.3 is 19.0 Å². The molecule has 19 heavy (non-hydrogen) atoms. The lowest BCUT2D eigenvalue weighted by Gasteiger charge is -2.37. The van der Waals surface area contributed by atoms with Crippen molar-refractivity contribution in [1.29, 1.82) is 0 Å². The van der Waals surface area contributed by atoms with Crippen molar-refractivity contribution in [1.82, 2.24) is 0 Å². The van der Waals surface area contributed by atoms with Crippen LogP contribution in [-0.2, 0) is 13.9 Å². The second-order valence-electron chi connectivity index (χ2n) is 7.30. The Hall–Kier alpha value is 0.0569. The van der Waals surface area contributed by atoms with Crippen LogP contribution >= 0.6 is 0 Å². The van der Waals surface area contributed by atoms with E-state index in [9.17, 15) is 0 Å². The van der Waals surface area contributed by atoms with Gasteiger partial charge in [0.25, 0.3) is 0 Å². The lowest BCUT2D eigenvalue weighted by molar-refractivity contribution is -0.149. The van der Waals surface area contributed by atoms with Gasteiger partial charge in [0, 0.05) is 6.61 Å². The highest BCUT2D eigenvalue weighted by molar-refractivity contribution is 6.74. The SMILES string of the molecule is CC1(C)O[C@H](CCO)[C@@H](CO[Si](C)(C)C(C)(C)C)O1. The zero-order valence-electron chi connectivity index (χ0n) is 13.4. The fourth-order valence-electron chi connectivity index (χ4n) is 1.93. The summed E-state index contributed by atoms with van der Waals surface area (Å²) >= 11 is 0. The number of aliphatic hydroxyl groups is 1. The number of ether oxygens (including phenoxy) is 2. The van der Waals surface area contributed by atoms with E-state index in [1.165, 1.54) is 0 Å². The normalized spacial score (nSPS) is 27.8. The first-order valence-electron chi connectivity index (χ1n) is 7.09. The highest BCUT2D eigenvalue weighted by atomic mass is 28.4. The topological polar surface area (TPSA) is 47.9 Å². The lowest BCUT2D eigenvalue weighted by Crippen LogP contribution is -2.44. The van der Waals surface area contributed by atoms with Gasteiger partial charge in [-0.05, 0) is 38.4 Å². The Morgan fingerprint density at radius 3 is 2.16 bits per heavy atom. The van der Waals surface area contributed by atoms with Gasteiger partial charge in [-0.25, -0.2) is 0 Å². The van der Waals surface area contributed by atoms with Gasteiger partial charge in [-0.3, -0.25) is 0 Å². The number of rotatable bonds is 5. The lowest BCUT2D eigenvalue weighted by atomic mass is 10.1. The third kappa shape index (κ3) is 4.53. The van der Waals surface area contributed by atoms with Crippen molar-refractivity contribution in [3.8, 4) is 0 Å². The van der Waals surface area contributed by atoms with Crippen molar-refractivity contribution in [2.75, 3.05) is 13.2 Å². The van der Waals surface area contributed by atoms with Crippen LogP contribution in [0.2, 0.25) is 18.1 Å². The average Bonchev–Trinajstić information content (AvgIpc) is 2.49. The first kappa shape index (κ1) is 17.1. The maximum Gasteiger partial charge on any atom is 0.192 e. The number of hydrogen-bond acceptors (Lipinski definition) is 4. The third-order valence-corrected chi connectivity index (χ3v) is 8.61. The van der Waals surface area contributed by atoms with Crippen LogP contribution in [0.1, 0.15) is 41.0 Å². The summed E-state index contributed by atoms with van der Waals surface area (Å²) in [4.78, 5) is 0. The summed E-state index contributed by atoms with van der Waals surface area (Å²) in [7, 11) is -1.77. The molecule has 5 heteroatoms. The van der Waals surface area contributed by atoms with E-state index in [4.69, 9.17) is 19.0 Å². The van der Waals surface area contributed by atoms with Gasteiger partial charge in [-0.15, -0.1) is 0 Å². The van der Waals surface area contributed by atoms with Crippen molar-refractivity contribution in [3.05, 3.63) is 0 Å². The molecule has 1 heterocycles. The van der Waals surface area contributed by atoms with Crippen molar-refractivity contribution in [2.24, 2.45) is 0 Å². The molecule has 0 spiro atoms. The average molecular weight is 290 g/mol. The molecule has 1 aliphatic heterocycles. The van der Waals surface area contributed by atoms with Gasteiger partial charge >= 0.3 is 0 Å². The predicted molar refractivity (Wildman–Crippen MR) is 78.7 cm³/mol. The molecule has 1 rings (SSSR count). The molecule has 0 aromatic carbocycles. The van der Waals surface area contributed by atoms with Crippen molar-refractivity contribution in [2.45, 2.75) is 77.2 Å². The summed E-state index contributed by atoms with van der Waals surface area (Å²) in [6.45, 7) is 15.6. The third-order valence-electron chi connectivity index (χ3n) is 4.11. The molecule has 1 saturated heterocycles. The van der Waals surface area contributed by atoms with Crippen LogP contribution in [0.5, 0.6) is 0 Å². The maximum absolute atomic E-state index is 9.10. The molecule has 4 nitrogen and oxygen atoms in total. The zero-order chi connectivity index (χ0) is 14.9. The van der Waals surface area contributed by atoms with E-state index >= 15 is 0 Å². The summed E-state index contributed by atoms with van der Waals surface area (Å²) in [6, 6.07) is 0. The largest absolute Gasteiger partial charge is 0.414 e. The van der Waals surface area contributed by atoms with Crippen molar-refractivity contribution in [3.63, 3.8) is 0 Å². The minimum absolute atomic E-state index is 0.0789. The predicted octanol–water partition coefficient (Wildman–Crippen LogP) is 2.91. The van der Waals surface area contributed by atoms with Crippen LogP contribution in [0.25, 0.3) is 0 Å². The summed E-state index contributed by atoms with van der Waals surface area (Å²) < 4.78 is 17.9. The summed E-state index contributed by atoms with van der Waals surface area (Å²) in [6.07, 6.45) is 0.427. The molecular weight excluding hydrogens is 260 g/mol. The van der Waals surface area contributed by atoms with Crippen LogP contribution in [-0.4, -0.2) is 44.6 Å². The van der Waals surface area contributed by atoms with Crippen molar-refractivity contribution < 1.29 is 19.0 Å². The molecule has 1 fully saturated rings. The fourth-order valence-corrected chi connectivity index (χ4v) is 2.94. The Balaban J connectivity index is 2.61. The summed E-state index contributed by atoms with van der Waals surface area (Å²) in [5, 5.41) is 9.29. The van der Waals surface area contributed by atoms with Crippen LogP contribution in [0.15, 0.2) is 0 Å². The van der Waals surface area contributed by atoms with E-state index in [1.807, 2.05) is 13.8 Å². The van der Waals surface area contributed by atoms with E-state index in [1.54, 1.807) is 0 Å². The molecule has 0 unspecified atom stereocenters. The fraction of sp³-hybridized carbons (Fsp3) is 1.00. The Labute approximate surface area is 118 Å². The Morgan fingerprint density at radius 2 is 1.68 bits per heavy atom. The molecule has 114 valence electrons. The van der Waals surface area contributed by atoms with Gasteiger partial charge in [-0.1, -0.05) is 20.8 Å². The monoisotopic (exact) mass is 290 g/mol. The van der Waals surface area contributed by atoms with E-state index in [0.717, 1.165) is 0 Å². The van der Waals surface area contributed by atoms with Crippen LogP contribution in [0, 0.1) is 0 Å². The van der Waals surface area contributed by atoms with Gasteiger partial charge in [0.15, 0.2) is 14.1 Å². The van der Waals surface area contributed by atoms with Gasteiger partial charge in [0.1, 0.15) is 6.10 Å². The first-order chi connectivity index (χ1) is 8.48. The minimum Gasteiger partial charge on any atom is -0.414 e. The second-order valence-corrected chi connectivity index (χ2v) is 12.1. The summed E-state index contributed by atoms with van der Waals surface area (Å²) in [5.41, 5.74) is 0. The van der Waals surface area contributed by atoms with E-state index in [2.05, 4.69) is 33.9 Å². The van der Waals surface area contributed by atoms with Crippen molar-refractivity contribution >= 4 is 8.32 Å². The highest BCUT2D eigenvalue weighted by Gasteiger charge is 2.43. The Bertz CT molecular complexity index is 296. The molecular formula is C14H30O4Si. The maximum atomic E-state index is 9.10. The van der Waals surface area contributed by atoms with Crippen LogP contribution < -0.4 is 0 Å². The van der Waals surface area contributed by atoms with Crippen LogP contribution in [0.4, 0.5) is 0 Å². The van der Waals surface area contributed by atoms with E-state index in [-0.39, 0.29) is 23.9 Å². The summed E-state index contributed by atoms with van der Waals surface area (Å²) in [5.74, 6) is -0.582. The quantitative estimate of drug-likeness (QED) is 0.791. The zero-order valence-corrected chi connectivity index (χ0v) is 14.4. The number of aliphatic hydroxyl groups excluding tert-OH is 1. The Kier molecular flexibility index (Phi) is 5.24. The molecule has 0 saturated carbocycles. The smallest absolute Gasteiger partial charge is 0.192 e. The van der Waals surface area contributed by atoms with E-state index in [0.29, 0.717) is 13.0 Å². The highest BCUT2D eigenvalue weighted by Crippen LogP contribution is 2.38. The molecule has 0 radical (unpaired) electrons. The van der Waals surface area contributed by atoms with Crippen LogP contribution in [0.3, 0.4) is 0 Å². The molecule has 2 atom stereocenters. The molecule has 0 bridgehead atoms. The van der Waals surface area contributed by atoms with Gasteiger partial charge in [-0.2, -0.15) is 0 Å². The Morgan fingerprint density at radius 1 is 1.16 bits per heavy atom. The molecule has 0 aromatic heterocycles. The first-order valence-corrected chi connectivity index (χ1v) is 10.00. The van der Waals surface area contributed by atoms with Gasteiger partial charge in [0.05, 0.1) is 12.7 Å². The standard InChI is InChI=1S/C14H30O4Si/c1-13(2,3)19(6,7)16-10-12-11(8-9-15)17-14(4,5)18-12/h11-12,15H,8-10H2,1-7H3/t11-,12-/m1/s1. The number of hydrogen-bond donors (Lipinski definition) is 1. The molecule has 1 N–H and O–H groups in total. The van der Waals surface area contributed by atoms with E-state index < -0.39 is 14.1 Å². The molecule has 0 amide bonds. The molecule has 0 aromatic rings. The minimum atomic E-state index is -1.77. The molecule has 1 aliphatic rings. The second kappa shape index (κ2) is 5.82. The molecule has 0 aliphatic carbocycles. The van der Waals surface area contributed by atoms with Gasteiger partial charge in [0.2, 0.25) is 0 Å².